The van der Waals surface area contributed by atoms with Crippen molar-refractivity contribution < 1.29 is 4.74 Å². The van der Waals surface area contributed by atoms with Crippen molar-refractivity contribution >= 4 is 0 Å². The molecule has 0 amide bonds. The standard InChI is InChI=1S/C13H16O/c1-10-3-5-12(6-4-10)13-9-11(2)7-8-14-13/h3-7,13H,8-9H2,1-2H3. The van der Waals surface area contributed by atoms with E-state index < -0.39 is 0 Å². The summed E-state index contributed by atoms with van der Waals surface area (Å²) in [6.07, 6.45) is 3.45. The molecule has 0 radical (unpaired) electrons. The molecule has 1 aliphatic heterocycles. The van der Waals surface area contributed by atoms with Crippen LogP contribution in [0, 0.1) is 6.92 Å². The maximum absolute atomic E-state index is 5.70. The molecule has 1 aliphatic rings. The van der Waals surface area contributed by atoms with Gasteiger partial charge in [0.1, 0.15) is 0 Å². The number of rotatable bonds is 1. The second kappa shape index (κ2) is 3.97. The third kappa shape index (κ3) is 2.05. The first kappa shape index (κ1) is 9.47. The summed E-state index contributed by atoms with van der Waals surface area (Å²) < 4.78 is 5.70. The van der Waals surface area contributed by atoms with Gasteiger partial charge in [-0.2, -0.15) is 0 Å². The Balaban J connectivity index is 2.16. The van der Waals surface area contributed by atoms with Gasteiger partial charge in [0.05, 0.1) is 12.7 Å². The van der Waals surface area contributed by atoms with Crippen LogP contribution in [0.15, 0.2) is 35.9 Å². The number of benzene rings is 1. The molecule has 0 N–H and O–H groups in total. The number of hydrogen-bond donors (Lipinski definition) is 0. The topological polar surface area (TPSA) is 9.23 Å². The first-order chi connectivity index (χ1) is 6.75. The van der Waals surface area contributed by atoms with Crippen molar-refractivity contribution in [3.05, 3.63) is 47.0 Å². The average Bonchev–Trinajstić information content (AvgIpc) is 2.19. The normalized spacial score (nSPS) is 21.9. The minimum atomic E-state index is 0.264. The number of hydrogen-bond acceptors (Lipinski definition) is 1. The van der Waals surface area contributed by atoms with Gasteiger partial charge in [0, 0.05) is 0 Å². The van der Waals surface area contributed by atoms with Crippen LogP contribution in [-0.2, 0) is 4.74 Å². The molecule has 1 heteroatoms. The fourth-order valence-corrected chi connectivity index (χ4v) is 1.74. The highest BCUT2D eigenvalue weighted by molar-refractivity contribution is 5.25. The Bertz CT molecular complexity index is 335. The van der Waals surface area contributed by atoms with E-state index in [1.807, 2.05) is 0 Å². The van der Waals surface area contributed by atoms with Gasteiger partial charge in [-0.25, -0.2) is 0 Å². The third-order valence-corrected chi connectivity index (χ3v) is 2.69. The van der Waals surface area contributed by atoms with Crippen molar-refractivity contribution in [1.29, 1.82) is 0 Å². The van der Waals surface area contributed by atoms with Crippen molar-refractivity contribution in [1.82, 2.24) is 0 Å². The molecule has 1 heterocycles. The quantitative estimate of drug-likeness (QED) is 0.614. The van der Waals surface area contributed by atoms with Gasteiger partial charge < -0.3 is 4.74 Å². The zero-order chi connectivity index (χ0) is 9.97. The van der Waals surface area contributed by atoms with Crippen molar-refractivity contribution in [3.8, 4) is 0 Å². The van der Waals surface area contributed by atoms with E-state index >= 15 is 0 Å². The molecule has 0 saturated heterocycles. The highest BCUT2D eigenvalue weighted by Crippen LogP contribution is 2.28. The number of aryl methyl sites for hydroxylation is 1. The van der Waals surface area contributed by atoms with Gasteiger partial charge in [0.25, 0.3) is 0 Å². The Kier molecular flexibility index (Phi) is 2.69. The molecule has 0 saturated carbocycles. The van der Waals surface area contributed by atoms with Crippen LogP contribution >= 0.6 is 0 Å². The van der Waals surface area contributed by atoms with E-state index in [2.05, 4.69) is 44.2 Å². The predicted octanol–water partition coefficient (Wildman–Crippen LogP) is 3.40. The summed E-state index contributed by atoms with van der Waals surface area (Å²) in [5.74, 6) is 0. The molecule has 1 aromatic rings. The third-order valence-electron chi connectivity index (χ3n) is 2.69. The Morgan fingerprint density at radius 1 is 1.14 bits per heavy atom. The Hall–Kier alpha value is -1.08. The SMILES string of the molecule is CC1=CCOC(c2ccc(C)cc2)C1. The minimum Gasteiger partial charge on any atom is -0.369 e. The molecule has 14 heavy (non-hydrogen) atoms. The monoisotopic (exact) mass is 188 g/mol. The van der Waals surface area contributed by atoms with Gasteiger partial charge in [-0.15, -0.1) is 0 Å². The molecule has 0 fully saturated rings. The first-order valence-electron chi connectivity index (χ1n) is 5.09. The second-order valence-corrected chi connectivity index (χ2v) is 3.99. The zero-order valence-electron chi connectivity index (χ0n) is 8.79. The molecule has 74 valence electrons. The molecule has 0 bridgehead atoms. The van der Waals surface area contributed by atoms with Gasteiger partial charge in [0.15, 0.2) is 0 Å². The van der Waals surface area contributed by atoms with E-state index in [1.54, 1.807) is 0 Å². The van der Waals surface area contributed by atoms with Gasteiger partial charge in [-0.1, -0.05) is 41.5 Å². The molecule has 0 aromatic heterocycles. The zero-order valence-corrected chi connectivity index (χ0v) is 8.79. The average molecular weight is 188 g/mol. The maximum Gasteiger partial charge on any atom is 0.0866 e. The smallest absolute Gasteiger partial charge is 0.0866 e. The lowest BCUT2D eigenvalue weighted by atomic mass is 9.99. The molecule has 0 spiro atoms. The van der Waals surface area contributed by atoms with Gasteiger partial charge in [-0.3, -0.25) is 0 Å². The van der Waals surface area contributed by atoms with E-state index in [4.69, 9.17) is 4.74 Å². The molecule has 1 aromatic carbocycles. The lowest BCUT2D eigenvalue weighted by Crippen LogP contribution is -2.10. The van der Waals surface area contributed by atoms with E-state index in [-0.39, 0.29) is 6.10 Å². The Morgan fingerprint density at radius 2 is 1.86 bits per heavy atom. The molecule has 1 unspecified atom stereocenters. The Labute approximate surface area is 85.4 Å². The number of ether oxygens (including phenoxy) is 1. The van der Waals surface area contributed by atoms with Crippen LogP contribution in [-0.4, -0.2) is 6.61 Å². The fraction of sp³-hybridized carbons (Fsp3) is 0.385. The van der Waals surface area contributed by atoms with Crippen LogP contribution < -0.4 is 0 Å². The van der Waals surface area contributed by atoms with E-state index in [0.29, 0.717) is 0 Å². The van der Waals surface area contributed by atoms with Gasteiger partial charge in [-0.05, 0) is 25.8 Å². The summed E-state index contributed by atoms with van der Waals surface area (Å²) in [7, 11) is 0. The highest BCUT2D eigenvalue weighted by Gasteiger charge is 2.15. The molecule has 1 nitrogen and oxygen atoms in total. The molecular formula is C13H16O. The predicted molar refractivity (Wildman–Crippen MR) is 58.2 cm³/mol. The molecular weight excluding hydrogens is 172 g/mol. The van der Waals surface area contributed by atoms with Crippen LogP contribution in [0.25, 0.3) is 0 Å². The van der Waals surface area contributed by atoms with Crippen molar-refractivity contribution in [2.75, 3.05) is 6.61 Å². The minimum absolute atomic E-state index is 0.264. The van der Waals surface area contributed by atoms with Gasteiger partial charge >= 0.3 is 0 Å². The lowest BCUT2D eigenvalue weighted by molar-refractivity contribution is 0.0641. The summed E-state index contributed by atoms with van der Waals surface area (Å²) in [5, 5.41) is 0. The lowest BCUT2D eigenvalue weighted by Gasteiger charge is -2.22. The first-order valence-corrected chi connectivity index (χ1v) is 5.09. The molecule has 0 aliphatic carbocycles. The van der Waals surface area contributed by atoms with Crippen LogP contribution in [0.3, 0.4) is 0 Å². The summed E-state index contributed by atoms with van der Waals surface area (Å²) in [6.45, 7) is 5.03. The van der Waals surface area contributed by atoms with Crippen LogP contribution in [0.2, 0.25) is 0 Å². The van der Waals surface area contributed by atoms with Crippen LogP contribution in [0.4, 0.5) is 0 Å². The molecule has 1 atom stereocenters. The van der Waals surface area contributed by atoms with Crippen molar-refractivity contribution in [2.45, 2.75) is 26.4 Å². The van der Waals surface area contributed by atoms with Crippen molar-refractivity contribution in [2.24, 2.45) is 0 Å². The second-order valence-electron chi connectivity index (χ2n) is 3.99. The van der Waals surface area contributed by atoms with Gasteiger partial charge in [0.2, 0.25) is 0 Å². The van der Waals surface area contributed by atoms with E-state index in [1.165, 1.54) is 16.7 Å². The largest absolute Gasteiger partial charge is 0.369 e. The molecule has 2 rings (SSSR count). The summed E-state index contributed by atoms with van der Waals surface area (Å²) in [4.78, 5) is 0. The van der Waals surface area contributed by atoms with Crippen molar-refractivity contribution in [3.63, 3.8) is 0 Å². The summed E-state index contributed by atoms with van der Waals surface area (Å²) in [5.41, 5.74) is 4.03. The Morgan fingerprint density at radius 3 is 2.50 bits per heavy atom. The van der Waals surface area contributed by atoms with Crippen LogP contribution in [0.5, 0.6) is 0 Å². The maximum atomic E-state index is 5.70. The van der Waals surface area contributed by atoms with Crippen LogP contribution in [0.1, 0.15) is 30.6 Å². The van der Waals surface area contributed by atoms with E-state index in [0.717, 1.165) is 13.0 Å². The highest BCUT2D eigenvalue weighted by atomic mass is 16.5. The summed E-state index contributed by atoms with van der Waals surface area (Å²) >= 11 is 0. The van der Waals surface area contributed by atoms with E-state index in [9.17, 15) is 0 Å². The summed E-state index contributed by atoms with van der Waals surface area (Å²) in [6, 6.07) is 8.62. The fourth-order valence-electron chi connectivity index (χ4n) is 1.74.